The molecule has 0 saturated carbocycles. The minimum absolute atomic E-state index is 0.0524. The fourth-order valence-corrected chi connectivity index (χ4v) is 3.27. The lowest BCUT2D eigenvalue weighted by atomic mass is 9.69. The topological polar surface area (TPSA) is 81.8 Å². The van der Waals surface area contributed by atoms with Gasteiger partial charge in [0.25, 0.3) is 5.91 Å². The third-order valence-corrected chi connectivity index (χ3v) is 4.41. The molecule has 0 aliphatic carbocycles. The molecule has 0 spiro atoms. The van der Waals surface area contributed by atoms with Gasteiger partial charge in [-0.1, -0.05) is 24.3 Å². The van der Waals surface area contributed by atoms with E-state index in [1.165, 1.54) is 0 Å². The third-order valence-electron chi connectivity index (χ3n) is 4.41. The summed E-state index contributed by atoms with van der Waals surface area (Å²) in [6.45, 7) is 2.15. The van der Waals surface area contributed by atoms with Crippen LogP contribution in [0.15, 0.2) is 24.3 Å². The quantitative estimate of drug-likeness (QED) is 0.423. The van der Waals surface area contributed by atoms with Gasteiger partial charge in [0, 0.05) is 32.6 Å². The third kappa shape index (κ3) is 2.89. The van der Waals surface area contributed by atoms with Gasteiger partial charge in [-0.25, -0.2) is 5.01 Å². The van der Waals surface area contributed by atoms with Crippen LogP contribution in [0, 0.1) is 0 Å². The summed E-state index contributed by atoms with van der Waals surface area (Å²) >= 11 is 0. The molecule has 1 fully saturated rings. The van der Waals surface area contributed by atoms with E-state index < -0.39 is 5.44 Å². The smallest absolute Gasteiger partial charge is 0.257 e. The Morgan fingerprint density at radius 3 is 2.92 bits per heavy atom. The molecule has 0 aromatic heterocycles. The number of nitrogens with zero attached hydrogens (tertiary/aromatic N) is 2. The molecule has 1 unspecified atom stereocenters. The highest BCUT2D eigenvalue weighted by atomic mass is 16.2. The van der Waals surface area contributed by atoms with Gasteiger partial charge >= 0.3 is 0 Å². The van der Waals surface area contributed by atoms with E-state index in [-0.39, 0.29) is 24.8 Å². The Labute approximate surface area is 141 Å². The summed E-state index contributed by atoms with van der Waals surface area (Å²) in [5, 5.41) is 8.70. The van der Waals surface area contributed by atoms with Crippen LogP contribution in [0.2, 0.25) is 0 Å². The first-order chi connectivity index (χ1) is 11.6. The molecule has 0 bridgehead atoms. The maximum atomic E-state index is 13.0. The van der Waals surface area contributed by atoms with Crippen molar-refractivity contribution in [1.29, 1.82) is 0 Å². The van der Waals surface area contributed by atoms with E-state index in [1.54, 1.807) is 17.1 Å². The molecule has 8 heteroatoms. The molecule has 2 aliphatic rings. The van der Waals surface area contributed by atoms with E-state index in [1.807, 2.05) is 17.1 Å². The predicted octanol–water partition coefficient (Wildman–Crippen LogP) is -0.777. The molecule has 24 heavy (non-hydrogen) atoms. The van der Waals surface area contributed by atoms with Gasteiger partial charge in [0.2, 0.25) is 12.3 Å². The van der Waals surface area contributed by atoms with Crippen molar-refractivity contribution in [2.45, 2.75) is 24.8 Å². The molecular weight excluding hydrogens is 307 g/mol. The Kier molecular flexibility index (Phi) is 4.57. The number of benzene rings is 1. The molecule has 7 nitrogen and oxygen atoms in total. The van der Waals surface area contributed by atoms with Gasteiger partial charge in [0.15, 0.2) is 0 Å². The number of nitrogens with one attached hydrogen (secondary N) is 2. The summed E-state index contributed by atoms with van der Waals surface area (Å²) in [6, 6.07) is 7.40. The van der Waals surface area contributed by atoms with Crippen molar-refractivity contribution < 1.29 is 14.4 Å². The monoisotopic (exact) mass is 326 g/mol. The molecule has 2 N–H and O–H groups in total. The fourth-order valence-electron chi connectivity index (χ4n) is 3.27. The predicted molar refractivity (Wildman–Crippen MR) is 87.4 cm³/mol. The lowest BCUT2D eigenvalue weighted by molar-refractivity contribution is -0.149. The second-order valence-corrected chi connectivity index (χ2v) is 6.01. The Hall–Kier alpha value is -2.35. The van der Waals surface area contributed by atoms with Crippen molar-refractivity contribution >= 4 is 26.1 Å². The normalized spacial score (nSPS) is 23.2. The number of fused-ring (bicyclic) bond motifs is 2. The number of amides is 3. The van der Waals surface area contributed by atoms with Crippen LogP contribution in [0.1, 0.15) is 24.0 Å². The van der Waals surface area contributed by atoms with E-state index in [0.717, 1.165) is 18.5 Å². The molecule has 2 aliphatic heterocycles. The van der Waals surface area contributed by atoms with Crippen molar-refractivity contribution in [2.75, 3.05) is 19.6 Å². The van der Waals surface area contributed by atoms with Crippen molar-refractivity contribution in [1.82, 2.24) is 20.7 Å². The van der Waals surface area contributed by atoms with Crippen LogP contribution in [-0.4, -0.2) is 55.7 Å². The van der Waals surface area contributed by atoms with E-state index in [0.29, 0.717) is 25.1 Å². The molecule has 1 aromatic carbocycles. The van der Waals surface area contributed by atoms with Crippen molar-refractivity contribution in [2.24, 2.45) is 0 Å². The Balaban J connectivity index is 1.92. The van der Waals surface area contributed by atoms with Crippen molar-refractivity contribution in [3.8, 4) is 0 Å². The first-order valence-electron chi connectivity index (χ1n) is 7.98. The van der Waals surface area contributed by atoms with Gasteiger partial charge in [-0.2, -0.15) is 0 Å². The van der Waals surface area contributed by atoms with Gasteiger partial charge in [-0.3, -0.25) is 19.4 Å². The van der Waals surface area contributed by atoms with Gasteiger partial charge in [-0.05, 0) is 17.5 Å². The van der Waals surface area contributed by atoms with Crippen LogP contribution in [-0.2, 0) is 26.4 Å². The molecule has 3 rings (SSSR count). The average Bonchev–Trinajstić information content (AvgIpc) is 2.99. The lowest BCUT2D eigenvalue weighted by Gasteiger charge is -2.34. The lowest BCUT2D eigenvalue weighted by Crippen LogP contribution is -2.58. The van der Waals surface area contributed by atoms with Gasteiger partial charge < -0.3 is 10.6 Å². The van der Waals surface area contributed by atoms with Crippen LogP contribution >= 0.6 is 0 Å². The fraction of sp³-hybridized carbons (Fsp3) is 0.438. The second kappa shape index (κ2) is 6.64. The standard InChI is InChI=1S/C16H19BN4O3/c17-16(19-14(23)6-7-18-11-22)13-5-2-1-4-12(13)10-20-8-3-9-21(20)15(16)24/h1-2,4-5,11H,3,6-10H2,(H,18,22)(H,19,23). The highest BCUT2D eigenvalue weighted by Gasteiger charge is 2.45. The minimum atomic E-state index is -1.60. The van der Waals surface area contributed by atoms with E-state index in [2.05, 4.69) is 10.6 Å². The zero-order valence-corrected chi connectivity index (χ0v) is 13.3. The zero-order chi connectivity index (χ0) is 17.2. The highest BCUT2D eigenvalue weighted by Crippen LogP contribution is 2.32. The Morgan fingerprint density at radius 1 is 1.33 bits per heavy atom. The molecule has 1 saturated heterocycles. The summed E-state index contributed by atoms with van der Waals surface area (Å²) in [7, 11) is 6.44. The summed E-state index contributed by atoms with van der Waals surface area (Å²) in [6.07, 6.45) is 1.46. The van der Waals surface area contributed by atoms with Crippen LogP contribution in [0.4, 0.5) is 0 Å². The highest BCUT2D eigenvalue weighted by molar-refractivity contribution is 6.29. The minimum Gasteiger partial charge on any atom is -0.358 e. The largest absolute Gasteiger partial charge is 0.358 e. The van der Waals surface area contributed by atoms with Gasteiger partial charge in [0.1, 0.15) is 13.3 Å². The summed E-state index contributed by atoms with van der Waals surface area (Å²) in [4.78, 5) is 35.6. The Bertz CT molecular complexity index is 668. The van der Waals surface area contributed by atoms with Crippen molar-refractivity contribution in [3.05, 3.63) is 35.4 Å². The van der Waals surface area contributed by atoms with Gasteiger partial charge in [-0.15, -0.1) is 0 Å². The van der Waals surface area contributed by atoms with Crippen LogP contribution in [0.5, 0.6) is 0 Å². The molecule has 1 atom stereocenters. The summed E-state index contributed by atoms with van der Waals surface area (Å²) in [5.74, 6) is -0.718. The molecule has 1 aromatic rings. The van der Waals surface area contributed by atoms with Gasteiger partial charge in [0.05, 0.1) is 0 Å². The number of rotatable bonds is 5. The SMILES string of the molecule is [B]C1(NC(=O)CCNC=O)C(=O)N2CCCN2Cc2ccccc21. The van der Waals surface area contributed by atoms with E-state index in [4.69, 9.17) is 7.85 Å². The van der Waals surface area contributed by atoms with Crippen LogP contribution in [0.25, 0.3) is 0 Å². The Morgan fingerprint density at radius 2 is 2.12 bits per heavy atom. The molecule has 2 heterocycles. The summed E-state index contributed by atoms with van der Waals surface area (Å²) < 4.78 is 0. The van der Waals surface area contributed by atoms with Crippen LogP contribution in [0.3, 0.4) is 0 Å². The van der Waals surface area contributed by atoms with Crippen molar-refractivity contribution in [3.63, 3.8) is 0 Å². The average molecular weight is 326 g/mol. The molecule has 2 radical (unpaired) electrons. The number of hydrogen-bond acceptors (Lipinski definition) is 4. The number of carbonyl (C=O) groups excluding carboxylic acids is 3. The maximum absolute atomic E-state index is 13.0. The van der Waals surface area contributed by atoms with E-state index in [9.17, 15) is 14.4 Å². The molecular formula is C16H19BN4O3. The molecule has 124 valence electrons. The molecule has 3 amide bonds. The van der Waals surface area contributed by atoms with E-state index >= 15 is 0 Å². The number of hydrogen-bond donors (Lipinski definition) is 2. The zero-order valence-electron chi connectivity index (χ0n) is 13.3. The maximum Gasteiger partial charge on any atom is 0.257 e. The first kappa shape index (κ1) is 16.5. The first-order valence-corrected chi connectivity index (χ1v) is 7.98. The number of carbonyl (C=O) groups is 3. The number of hydrazine groups is 1. The second-order valence-electron chi connectivity index (χ2n) is 6.01. The summed E-state index contributed by atoms with van der Waals surface area (Å²) in [5.41, 5.74) is -0.0707. The van der Waals surface area contributed by atoms with Crippen LogP contribution < -0.4 is 10.6 Å².